The van der Waals surface area contributed by atoms with Gasteiger partial charge in [0.25, 0.3) is 0 Å². The summed E-state index contributed by atoms with van der Waals surface area (Å²) in [6.45, 7) is 6.84. The van der Waals surface area contributed by atoms with Gasteiger partial charge in [0.15, 0.2) is 0 Å². The second-order valence-electron chi connectivity index (χ2n) is 5.10. The Kier molecular flexibility index (Phi) is 2.83. The molecule has 1 N–H and O–H groups in total. The molecule has 1 aromatic rings. The fourth-order valence-corrected chi connectivity index (χ4v) is 2.59. The molecule has 16 heavy (non-hydrogen) atoms. The minimum atomic E-state index is 0.221. The maximum Gasteiger partial charge on any atom is 0.120 e. The van der Waals surface area contributed by atoms with Crippen LogP contribution in [-0.4, -0.2) is 12.6 Å². The second kappa shape index (κ2) is 4.00. The molecule has 1 aromatic carbocycles. The highest BCUT2D eigenvalue weighted by Gasteiger charge is 2.31. The van der Waals surface area contributed by atoms with Gasteiger partial charge in [0, 0.05) is 17.3 Å². The quantitative estimate of drug-likeness (QED) is 0.817. The zero-order valence-corrected chi connectivity index (χ0v) is 10.6. The van der Waals surface area contributed by atoms with Crippen LogP contribution in [0.15, 0.2) is 18.2 Å². The zero-order valence-electron chi connectivity index (χ0n) is 10.6. The normalized spacial score (nSPS) is 28.1. The first kappa shape index (κ1) is 11.3. The first-order valence-corrected chi connectivity index (χ1v) is 6.04. The van der Waals surface area contributed by atoms with Gasteiger partial charge in [0.1, 0.15) is 5.75 Å². The molecule has 0 bridgehead atoms. The Morgan fingerprint density at radius 2 is 2.25 bits per heavy atom. The van der Waals surface area contributed by atoms with Gasteiger partial charge in [-0.1, -0.05) is 19.9 Å². The molecule has 1 aliphatic heterocycles. The van der Waals surface area contributed by atoms with Crippen molar-refractivity contribution in [3.8, 4) is 5.75 Å². The molecule has 1 heterocycles. The molecule has 2 rings (SSSR count). The van der Waals surface area contributed by atoms with E-state index in [0.29, 0.717) is 5.92 Å². The molecule has 0 spiro atoms. The van der Waals surface area contributed by atoms with E-state index in [-0.39, 0.29) is 5.54 Å². The fourth-order valence-electron chi connectivity index (χ4n) is 2.59. The highest BCUT2D eigenvalue weighted by Crippen LogP contribution is 2.41. The second-order valence-corrected chi connectivity index (χ2v) is 5.10. The number of hydrogen-bond donors (Lipinski definition) is 1. The standard InChI is InChI=1S/C14H21NO/c1-5-14(3)9-10(2)12-7-6-11(16-4)8-13(12)15-14/h6-8,10,15H,5,9H2,1-4H3. The molecule has 0 amide bonds. The van der Waals surface area contributed by atoms with Crippen LogP contribution >= 0.6 is 0 Å². The van der Waals surface area contributed by atoms with Crippen LogP contribution in [-0.2, 0) is 0 Å². The van der Waals surface area contributed by atoms with E-state index in [9.17, 15) is 0 Å². The van der Waals surface area contributed by atoms with Crippen molar-refractivity contribution in [2.45, 2.75) is 45.1 Å². The molecule has 2 nitrogen and oxygen atoms in total. The van der Waals surface area contributed by atoms with Gasteiger partial charge in [-0.05, 0) is 37.3 Å². The number of fused-ring (bicyclic) bond motifs is 1. The number of rotatable bonds is 2. The Morgan fingerprint density at radius 1 is 1.50 bits per heavy atom. The van der Waals surface area contributed by atoms with Crippen molar-refractivity contribution in [3.05, 3.63) is 23.8 Å². The Labute approximate surface area is 98.0 Å². The lowest BCUT2D eigenvalue weighted by Gasteiger charge is -2.39. The largest absolute Gasteiger partial charge is 0.497 e. The molecular weight excluding hydrogens is 198 g/mol. The molecule has 0 aliphatic carbocycles. The molecule has 2 atom stereocenters. The fraction of sp³-hybridized carbons (Fsp3) is 0.571. The summed E-state index contributed by atoms with van der Waals surface area (Å²) in [7, 11) is 1.72. The van der Waals surface area contributed by atoms with Gasteiger partial charge in [0.2, 0.25) is 0 Å². The monoisotopic (exact) mass is 219 g/mol. The SMILES string of the molecule is CCC1(C)CC(C)c2ccc(OC)cc2N1. The average molecular weight is 219 g/mol. The molecular formula is C14H21NO. The maximum atomic E-state index is 5.28. The van der Waals surface area contributed by atoms with Crippen LogP contribution in [0.3, 0.4) is 0 Å². The van der Waals surface area contributed by atoms with E-state index >= 15 is 0 Å². The maximum absolute atomic E-state index is 5.28. The number of methoxy groups -OCH3 is 1. The molecule has 88 valence electrons. The highest BCUT2D eigenvalue weighted by molar-refractivity contribution is 5.60. The van der Waals surface area contributed by atoms with Crippen LogP contribution in [0.5, 0.6) is 5.75 Å². The average Bonchev–Trinajstić information content (AvgIpc) is 2.28. The number of ether oxygens (including phenoxy) is 1. The van der Waals surface area contributed by atoms with E-state index in [1.807, 2.05) is 6.07 Å². The van der Waals surface area contributed by atoms with Gasteiger partial charge >= 0.3 is 0 Å². The lowest BCUT2D eigenvalue weighted by Crippen LogP contribution is -2.39. The summed E-state index contributed by atoms with van der Waals surface area (Å²) < 4.78 is 5.28. The topological polar surface area (TPSA) is 21.3 Å². The molecule has 0 saturated carbocycles. The summed E-state index contributed by atoms with van der Waals surface area (Å²) in [6, 6.07) is 6.34. The van der Waals surface area contributed by atoms with Crippen LogP contribution in [0.4, 0.5) is 5.69 Å². The predicted molar refractivity (Wildman–Crippen MR) is 68.3 cm³/mol. The van der Waals surface area contributed by atoms with Crippen LogP contribution in [0.1, 0.15) is 45.1 Å². The van der Waals surface area contributed by atoms with Gasteiger partial charge in [0.05, 0.1) is 7.11 Å². The Bertz CT molecular complexity index is 388. The van der Waals surface area contributed by atoms with Crippen molar-refractivity contribution in [3.63, 3.8) is 0 Å². The van der Waals surface area contributed by atoms with E-state index in [1.54, 1.807) is 7.11 Å². The Hall–Kier alpha value is -1.18. The van der Waals surface area contributed by atoms with Crippen LogP contribution in [0, 0.1) is 0 Å². The molecule has 0 radical (unpaired) electrons. The first-order valence-electron chi connectivity index (χ1n) is 6.04. The summed E-state index contributed by atoms with van der Waals surface area (Å²) in [5.41, 5.74) is 2.87. The van der Waals surface area contributed by atoms with Crippen LogP contribution in [0.2, 0.25) is 0 Å². The summed E-state index contributed by atoms with van der Waals surface area (Å²) in [6.07, 6.45) is 2.34. The van der Waals surface area contributed by atoms with Crippen molar-refractivity contribution < 1.29 is 4.74 Å². The van der Waals surface area contributed by atoms with E-state index in [1.165, 1.54) is 17.7 Å². The van der Waals surface area contributed by atoms with E-state index < -0.39 is 0 Å². The van der Waals surface area contributed by atoms with Crippen molar-refractivity contribution >= 4 is 5.69 Å². The summed E-state index contributed by atoms with van der Waals surface area (Å²) >= 11 is 0. The lowest BCUT2D eigenvalue weighted by atomic mass is 9.79. The molecule has 2 heteroatoms. The molecule has 0 aromatic heterocycles. The Morgan fingerprint density at radius 3 is 2.88 bits per heavy atom. The van der Waals surface area contributed by atoms with Crippen LogP contribution < -0.4 is 10.1 Å². The van der Waals surface area contributed by atoms with Crippen LogP contribution in [0.25, 0.3) is 0 Å². The minimum Gasteiger partial charge on any atom is -0.497 e. The number of hydrogen-bond acceptors (Lipinski definition) is 2. The van der Waals surface area contributed by atoms with Gasteiger partial charge in [-0.2, -0.15) is 0 Å². The number of nitrogens with one attached hydrogen (secondary N) is 1. The molecule has 0 saturated heterocycles. The Balaban J connectivity index is 2.39. The van der Waals surface area contributed by atoms with Crippen molar-refractivity contribution in [1.29, 1.82) is 0 Å². The number of benzene rings is 1. The first-order chi connectivity index (χ1) is 7.58. The van der Waals surface area contributed by atoms with Gasteiger partial charge in [-0.15, -0.1) is 0 Å². The van der Waals surface area contributed by atoms with Gasteiger partial charge in [-0.25, -0.2) is 0 Å². The molecule has 0 fully saturated rings. The third-order valence-electron chi connectivity index (χ3n) is 3.76. The summed E-state index contributed by atoms with van der Waals surface area (Å²) in [5, 5.41) is 3.65. The zero-order chi connectivity index (χ0) is 11.8. The van der Waals surface area contributed by atoms with Gasteiger partial charge < -0.3 is 10.1 Å². The minimum absolute atomic E-state index is 0.221. The van der Waals surface area contributed by atoms with E-state index in [2.05, 4.69) is 38.2 Å². The van der Waals surface area contributed by atoms with Crippen molar-refractivity contribution in [2.75, 3.05) is 12.4 Å². The van der Waals surface area contributed by atoms with Crippen molar-refractivity contribution in [2.24, 2.45) is 0 Å². The molecule has 2 unspecified atom stereocenters. The van der Waals surface area contributed by atoms with E-state index in [4.69, 9.17) is 4.74 Å². The summed E-state index contributed by atoms with van der Waals surface area (Å²) in [5.74, 6) is 1.55. The third-order valence-corrected chi connectivity index (χ3v) is 3.76. The van der Waals surface area contributed by atoms with E-state index in [0.717, 1.165) is 12.2 Å². The molecule has 1 aliphatic rings. The summed E-state index contributed by atoms with van der Waals surface area (Å²) in [4.78, 5) is 0. The van der Waals surface area contributed by atoms with Crippen molar-refractivity contribution in [1.82, 2.24) is 0 Å². The lowest BCUT2D eigenvalue weighted by molar-refractivity contribution is 0.400. The van der Waals surface area contributed by atoms with Gasteiger partial charge in [-0.3, -0.25) is 0 Å². The third kappa shape index (κ3) is 1.89. The highest BCUT2D eigenvalue weighted by atomic mass is 16.5. The smallest absolute Gasteiger partial charge is 0.120 e. The predicted octanol–water partition coefficient (Wildman–Crippen LogP) is 3.78. The number of anilines is 1.